The highest BCUT2D eigenvalue weighted by molar-refractivity contribution is 7.20. The van der Waals surface area contributed by atoms with Gasteiger partial charge in [-0.2, -0.15) is 0 Å². The van der Waals surface area contributed by atoms with Gasteiger partial charge in [0.2, 0.25) is 0 Å². The normalized spacial score (nSPS) is 10.8. The lowest BCUT2D eigenvalue weighted by Gasteiger charge is -2.04. The molecular weight excluding hydrogens is 298 g/mol. The lowest BCUT2D eigenvalue weighted by Crippen LogP contribution is -2.23. The van der Waals surface area contributed by atoms with E-state index in [1.165, 1.54) is 11.3 Å². The molecule has 1 amide bonds. The van der Waals surface area contributed by atoms with Crippen molar-refractivity contribution >= 4 is 27.5 Å². The molecule has 2 heterocycles. The van der Waals surface area contributed by atoms with Gasteiger partial charge in [0.05, 0.1) is 16.6 Å². The zero-order chi connectivity index (χ0) is 16.1. The molecule has 0 saturated heterocycles. The number of aryl methyl sites for hydroxylation is 2. The lowest BCUT2D eigenvalue weighted by molar-refractivity contribution is 0.0961. The van der Waals surface area contributed by atoms with E-state index in [-0.39, 0.29) is 11.5 Å². The Bertz CT molecular complexity index is 746. The van der Waals surface area contributed by atoms with Crippen LogP contribution >= 0.6 is 11.3 Å². The minimum atomic E-state index is -0.183. The van der Waals surface area contributed by atoms with E-state index < -0.39 is 0 Å². The van der Waals surface area contributed by atoms with E-state index >= 15 is 0 Å². The monoisotopic (exact) mass is 319 g/mol. The number of nitrogens with zero attached hydrogens (tertiary/aromatic N) is 2. The van der Waals surface area contributed by atoms with Gasteiger partial charge in [0.25, 0.3) is 11.5 Å². The van der Waals surface area contributed by atoms with Gasteiger partial charge in [-0.25, -0.2) is 4.98 Å². The SMILES string of the molecule is C=CCNC(=O)c1sc2ncn(CCCCC)c(=O)c2c1C. The van der Waals surface area contributed by atoms with Crippen LogP contribution in [0.1, 0.15) is 41.4 Å². The Labute approximate surface area is 133 Å². The minimum absolute atomic E-state index is 0.0578. The summed E-state index contributed by atoms with van der Waals surface area (Å²) in [6, 6.07) is 0. The van der Waals surface area contributed by atoms with E-state index in [0.29, 0.717) is 33.7 Å². The second-order valence-corrected chi connectivity index (χ2v) is 6.18. The second kappa shape index (κ2) is 7.35. The predicted molar refractivity (Wildman–Crippen MR) is 90.7 cm³/mol. The van der Waals surface area contributed by atoms with Gasteiger partial charge >= 0.3 is 0 Å². The van der Waals surface area contributed by atoms with Crippen LogP contribution in [0.4, 0.5) is 0 Å². The summed E-state index contributed by atoms with van der Waals surface area (Å²) in [5, 5.41) is 3.31. The molecule has 6 heteroatoms. The molecule has 5 nitrogen and oxygen atoms in total. The number of hydrogen-bond donors (Lipinski definition) is 1. The summed E-state index contributed by atoms with van der Waals surface area (Å²) in [4.78, 5) is 30.2. The first-order valence-electron chi connectivity index (χ1n) is 7.47. The third-order valence-corrected chi connectivity index (χ3v) is 4.73. The Morgan fingerprint density at radius 3 is 2.95 bits per heavy atom. The lowest BCUT2D eigenvalue weighted by atomic mass is 10.2. The number of thiophene rings is 1. The van der Waals surface area contributed by atoms with Crippen LogP contribution in [0.15, 0.2) is 23.8 Å². The van der Waals surface area contributed by atoms with Gasteiger partial charge in [-0.05, 0) is 18.9 Å². The Kier molecular flexibility index (Phi) is 5.49. The molecule has 0 spiro atoms. The average molecular weight is 319 g/mol. The van der Waals surface area contributed by atoms with E-state index in [2.05, 4.69) is 23.8 Å². The topological polar surface area (TPSA) is 64.0 Å². The largest absolute Gasteiger partial charge is 0.348 e. The van der Waals surface area contributed by atoms with Gasteiger partial charge in [0, 0.05) is 13.1 Å². The molecule has 2 rings (SSSR count). The smallest absolute Gasteiger partial charge is 0.262 e. The van der Waals surface area contributed by atoms with Gasteiger partial charge in [-0.1, -0.05) is 25.8 Å². The molecule has 22 heavy (non-hydrogen) atoms. The van der Waals surface area contributed by atoms with Crippen LogP contribution in [0, 0.1) is 6.92 Å². The van der Waals surface area contributed by atoms with Crippen molar-refractivity contribution in [2.75, 3.05) is 6.54 Å². The summed E-state index contributed by atoms with van der Waals surface area (Å²) in [7, 11) is 0. The van der Waals surface area contributed by atoms with Crippen LogP contribution in [-0.2, 0) is 6.54 Å². The second-order valence-electron chi connectivity index (χ2n) is 5.19. The molecule has 0 aromatic carbocycles. The number of hydrogen-bond acceptors (Lipinski definition) is 4. The quantitative estimate of drug-likeness (QED) is 0.630. The number of nitrogens with one attached hydrogen (secondary N) is 1. The Hall–Kier alpha value is -1.95. The first-order valence-corrected chi connectivity index (χ1v) is 8.29. The number of fused-ring (bicyclic) bond motifs is 1. The summed E-state index contributed by atoms with van der Waals surface area (Å²) in [6.45, 7) is 8.58. The maximum Gasteiger partial charge on any atom is 0.262 e. The number of aromatic nitrogens is 2. The van der Waals surface area contributed by atoms with Crippen LogP contribution in [0.2, 0.25) is 0 Å². The number of rotatable bonds is 7. The van der Waals surface area contributed by atoms with Gasteiger partial charge in [-0.3, -0.25) is 14.2 Å². The fourth-order valence-corrected chi connectivity index (χ4v) is 3.37. The summed E-state index contributed by atoms with van der Waals surface area (Å²) < 4.78 is 1.64. The molecule has 2 aromatic rings. The summed E-state index contributed by atoms with van der Waals surface area (Å²) in [5.41, 5.74) is 0.654. The fraction of sp³-hybridized carbons (Fsp3) is 0.438. The number of unbranched alkanes of at least 4 members (excludes halogenated alkanes) is 2. The molecule has 0 unspecified atom stereocenters. The van der Waals surface area contributed by atoms with E-state index in [9.17, 15) is 9.59 Å². The molecule has 2 aromatic heterocycles. The van der Waals surface area contributed by atoms with Crippen molar-refractivity contribution in [3.8, 4) is 0 Å². The summed E-state index contributed by atoms with van der Waals surface area (Å²) in [6.07, 6.45) is 6.36. The van der Waals surface area contributed by atoms with Crippen molar-refractivity contribution in [1.82, 2.24) is 14.9 Å². The maximum absolute atomic E-state index is 12.6. The number of amides is 1. The third kappa shape index (κ3) is 3.27. The molecule has 0 fully saturated rings. The van der Waals surface area contributed by atoms with Crippen molar-refractivity contribution in [3.05, 3.63) is 39.8 Å². The Balaban J connectivity index is 2.38. The first kappa shape index (κ1) is 16.4. The van der Waals surface area contributed by atoms with Crippen LogP contribution in [0.5, 0.6) is 0 Å². The van der Waals surface area contributed by atoms with Crippen LogP contribution < -0.4 is 10.9 Å². The van der Waals surface area contributed by atoms with Gasteiger partial charge in [0.15, 0.2) is 0 Å². The summed E-state index contributed by atoms with van der Waals surface area (Å²) in [5.74, 6) is -0.183. The molecule has 0 radical (unpaired) electrons. The highest BCUT2D eigenvalue weighted by Gasteiger charge is 2.18. The zero-order valence-corrected chi connectivity index (χ0v) is 13.8. The molecule has 0 saturated carbocycles. The number of carbonyl (C=O) groups is 1. The molecule has 0 aliphatic heterocycles. The van der Waals surface area contributed by atoms with Crippen molar-refractivity contribution in [2.45, 2.75) is 39.7 Å². The Morgan fingerprint density at radius 1 is 1.50 bits per heavy atom. The molecule has 0 bridgehead atoms. The van der Waals surface area contributed by atoms with Crippen molar-refractivity contribution in [3.63, 3.8) is 0 Å². The molecule has 1 N–H and O–H groups in total. The van der Waals surface area contributed by atoms with Gasteiger partial charge in [-0.15, -0.1) is 17.9 Å². The fourth-order valence-electron chi connectivity index (χ4n) is 2.31. The molecule has 118 valence electrons. The van der Waals surface area contributed by atoms with Gasteiger partial charge in [0.1, 0.15) is 4.83 Å². The zero-order valence-electron chi connectivity index (χ0n) is 13.0. The maximum atomic E-state index is 12.6. The van der Waals surface area contributed by atoms with Gasteiger partial charge < -0.3 is 5.32 Å². The molecule has 0 atom stereocenters. The average Bonchev–Trinajstić information content (AvgIpc) is 2.85. The van der Waals surface area contributed by atoms with E-state index in [4.69, 9.17) is 0 Å². The van der Waals surface area contributed by atoms with Crippen LogP contribution in [0.3, 0.4) is 0 Å². The highest BCUT2D eigenvalue weighted by Crippen LogP contribution is 2.26. The number of carbonyl (C=O) groups excluding carboxylic acids is 1. The van der Waals surface area contributed by atoms with Crippen molar-refractivity contribution < 1.29 is 4.79 Å². The standard InChI is InChI=1S/C16H21N3O2S/c1-4-6-7-9-19-10-18-15-12(16(19)21)11(3)13(22-15)14(20)17-8-5-2/h5,10H,2,4,6-9H2,1,3H3,(H,17,20). The molecular formula is C16H21N3O2S. The van der Waals surface area contributed by atoms with Crippen molar-refractivity contribution in [1.29, 1.82) is 0 Å². The van der Waals surface area contributed by atoms with E-state index in [1.54, 1.807) is 23.9 Å². The van der Waals surface area contributed by atoms with Crippen LogP contribution in [0.25, 0.3) is 10.2 Å². The highest BCUT2D eigenvalue weighted by atomic mass is 32.1. The minimum Gasteiger partial charge on any atom is -0.348 e. The van der Waals surface area contributed by atoms with Crippen molar-refractivity contribution in [2.24, 2.45) is 0 Å². The predicted octanol–water partition coefficient (Wildman–Crippen LogP) is 2.87. The molecule has 0 aliphatic carbocycles. The Morgan fingerprint density at radius 2 is 2.27 bits per heavy atom. The van der Waals surface area contributed by atoms with Crippen LogP contribution in [-0.4, -0.2) is 22.0 Å². The third-order valence-electron chi connectivity index (χ3n) is 3.53. The first-order chi connectivity index (χ1) is 10.6. The van der Waals surface area contributed by atoms with E-state index in [1.807, 2.05) is 0 Å². The summed E-state index contributed by atoms with van der Waals surface area (Å²) >= 11 is 1.26. The molecule has 0 aliphatic rings. The van der Waals surface area contributed by atoms with E-state index in [0.717, 1.165) is 19.3 Å².